The molecule has 2 N–H and O–H groups in total. The van der Waals surface area contributed by atoms with Gasteiger partial charge in [-0.1, -0.05) is 12.1 Å². The summed E-state index contributed by atoms with van der Waals surface area (Å²) in [5, 5.41) is 11.8. The second-order valence-electron chi connectivity index (χ2n) is 8.65. The number of hydrogen-bond acceptors (Lipinski definition) is 4. The van der Waals surface area contributed by atoms with Gasteiger partial charge in [0.2, 0.25) is 15.9 Å². The Bertz CT molecular complexity index is 1290. The van der Waals surface area contributed by atoms with Crippen molar-refractivity contribution in [3.8, 4) is 11.1 Å². The predicted octanol–water partition coefficient (Wildman–Crippen LogP) is 2.72. The first-order valence-corrected chi connectivity index (χ1v) is 12.1. The van der Waals surface area contributed by atoms with E-state index in [0.29, 0.717) is 24.9 Å². The van der Waals surface area contributed by atoms with E-state index < -0.39 is 15.6 Å². The number of amides is 1. The molecule has 2 aliphatic rings. The molecule has 9 heteroatoms. The molecule has 0 radical (unpaired) electrons. The number of halogens is 1. The number of fused-ring (bicyclic) bond motifs is 1. The Morgan fingerprint density at radius 3 is 2.62 bits per heavy atom. The Morgan fingerprint density at radius 1 is 1.12 bits per heavy atom. The fourth-order valence-electron chi connectivity index (χ4n) is 4.67. The number of H-pyrrole nitrogens is 1. The van der Waals surface area contributed by atoms with E-state index in [1.54, 1.807) is 41.4 Å². The first kappa shape index (κ1) is 21.1. The van der Waals surface area contributed by atoms with Crippen molar-refractivity contribution in [3.05, 3.63) is 54.5 Å². The van der Waals surface area contributed by atoms with Gasteiger partial charge in [0.1, 0.15) is 5.82 Å². The van der Waals surface area contributed by atoms with Crippen LogP contribution in [0.15, 0.2) is 53.6 Å². The first-order chi connectivity index (χ1) is 15.2. The molecule has 32 heavy (non-hydrogen) atoms. The second-order valence-corrected chi connectivity index (χ2v) is 10.6. The van der Waals surface area contributed by atoms with E-state index in [0.717, 1.165) is 22.9 Å². The van der Waals surface area contributed by atoms with Crippen LogP contribution in [-0.4, -0.2) is 65.4 Å². The van der Waals surface area contributed by atoms with Crippen LogP contribution in [0.4, 0.5) is 4.39 Å². The molecule has 1 aromatic heterocycles. The molecule has 0 bridgehead atoms. The smallest absolute Gasteiger partial charge is 0.243 e. The van der Waals surface area contributed by atoms with Crippen molar-refractivity contribution < 1.29 is 22.7 Å². The van der Waals surface area contributed by atoms with Crippen LogP contribution in [-0.2, 0) is 14.8 Å². The summed E-state index contributed by atoms with van der Waals surface area (Å²) in [6.07, 6.45) is 3.32. The maximum atomic E-state index is 13.4. The first-order valence-electron chi connectivity index (χ1n) is 10.6. The molecule has 3 aromatic rings. The minimum Gasteiger partial charge on any atom is -0.387 e. The number of carbonyl (C=O) groups is 1. The highest BCUT2D eigenvalue weighted by atomic mass is 32.2. The van der Waals surface area contributed by atoms with Crippen LogP contribution in [0.3, 0.4) is 0 Å². The maximum absolute atomic E-state index is 13.4. The van der Waals surface area contributed by atoms with E-state index in [1.807, 2.05) is 0 Å². The van der Waals surface area contributed by atoms with Gasteiger partial charge in [-0.25, -0.2) is 12.8 Å². The standard InChI is InChI=1S/C23H24FN3O4S/c24-17-5-8-19-20(13-25-21(19)12-17)16-3-6-18(7-4-16)32(30,31)27-11-9-23(29,15-27)14-26-10-1-2-22(26)28/h3-8,12-13,25,29H,1-2,9-11,14-15H2. The minimum absolute atomic E-state index is 0.00957. The van der Waals surface area contributed by atoms with Gasteiger partial charge in [-0.3, -0.25) is 4.79 Å². The zero-order chi connectivity index (χ0) is 22.5. The SMILES string of the molecule is O=C1CCCN1CC1(O)CCN(S(=O)(=O)c2ccc(-c3c[nH]c4cc(F)ccc34)cc2)C1. The normalized spacial score (nSPS) is 22.3. The monoisotopic (exact) mass is 457 g/mol. The number of aromatic amines is 1. The highest BCUT2D eigenvalue weighted by molar-refractivity contribution is 7.89. The molecule has 0 aliphatic carbocycles. The Hall–Kier alpha value is -2.75. The van der Waals surface area contributed by atoms with Gasteiger partial charge < -0.3 is 15.0 Å². The fraction of sp³-hybridized carbons (Fsp3) is 0.348. The van der Waals surface area contributed by atoms with Crippen molar-refractivity contribution in [1.82, 2.24) is 14.2 Å². The van der Waals surface area contributed by atoms with Crippen LogP contribution in [0.5, 0.6) is 0 Å². The number of β-amino-alcohol motifs (C(OH)–C–C–N with tert-alkyl or cyclic N) is 1. The molecule has 3 heterocycles. The summed E-state index contributed by atoms with van der Waals surface area (Å²) in [4.78, 5) is 16.7. The van der Waals surface area contributed by atoms with Gasteiger partial charge in [0.25, 0.3) is 0 Å². The molecule has 168 valence electrons. The highest BCUT2D eigenvalue weighted by Crippen LogP contribution is 2.32. The summed E-state index contributed by atoms with van der Waals surface area (Å²) in [7, 11) is -3.78. The number of carbonyl (C=O) groups excluding carboxylic acids is 1. The van der Waals surface area contributed by atoms with Crippen molar-refractivity contribution in [1.29, 1.82) is 0 Å². The number of hydrogen-bond donors (Lipinski definition) is 2. The lowest BCUT2D eigenvalue weighted by molar-refractivity contribution is -0.130. The van der Waals surface area contributed by atoms with E-state index in [-0.39, 0.29) is 36.3 Å². The molecular formula is C23H24FN3O4S. The molecule has 1 unspecified atom stereocenters. The van der Waals surface area contributed by atoms with E-state index >= 15 is 0 Å². The largest absolute Gasteiger partial charge is 0.387 e. The molecule has 2 aromatic carbocycles. The highest BCUT2D eigenvalue weighted by Gasteiger charge is 2.43. The predicted molar refractivity (Wildman–Crippen MR) is 118 cm³/mol. The zero-order valence-corrected chi connectivity index (χ0v) is 18.2. The van der Waals surface area contributed by atoms with E-state index in [1.165, 1.54) is 16.4 Å². The summed E-state index contributed by atoms with van der Waals surface area (Å²) in [5.74, 6) is -0.317. The van der Waals surface area contributed by atoms with Gasteiger partial charge in [-0.2, -0.15) is 4.31 Å². The summed E-state index contributed by atoms with van der Waals surface area (Å²) >= 11 is 0. The number of benzene rings is 2. The number of aromatic nitrogens is 1. The van der Waals surface area contributed by atoms with Gasteiger partial charge in [0.15, 0.2) is 0 Å². The Balaban J connectivity index is 1.35. The quantitative estimate of drug-likeness (QED) is 0.616. The molecule has 1 atom stereocenters. The molecular weight excluding hydrogens is 433 g/mol. The molecule has 0 spiro atoms. The van der Waals surface area contributed by atoms with Gasteiger partial charge in [-0.05, 0) is 48.7 Å². The fourth-order valence-corrected chi connectivity index (χ4v) is 6.19. The number of rotatable bonds is 5. The molecule has 2 aliphatic heterocycles. The minimum atomic E-state index is -3.78. The lowest BCUT2D eigenvalue weighted by Crippen LogP contribution is -2.46. The Morgan fingerprint density at radius 2 is 1.91 bits per heavy atom. The van der Waals surface area contributed by atoms with Crippen molar-refractivity contribution in [2.45, 2.75) is 29.8 Å². The van der Waals surface area contributed by atoms with Crippen LogP contribution in [0, 0.1) is 5.82 Å². The van der Waals surface area contributed by atoms with Crippen molar-refractivity contribution in [2.75, 3.05) is 26.2 Å². The van der Waals surface area contributed by atoms with Crippen molar-refractivity contribution in [2.24, 2.45) is 0 Å². The van der Waals surface area contributed by atoms with Gasteiger partial charge >= 0.3 is 0 Å². The van der Waals surface area contributed by atoms with E-state index in [9.17, 15) is 22.7 Å². The summed E-state index contributed by atoms with van der Waals surface area (Å²) < 4.78 is 41.0. The lowest BCUT2D eigenvalue weighted by Gasteiger charge is -2.28. The van der Waals surface area contributed by atoms with Crippen molar-refractivity contribution >= 4 is 26.8 Å². The van der Waals surface area contributed by atoms with Crippen LogP contribution >= 0.6 is 0 Å². The number of nitrogens with zero attached hydrogens (tertiary/aromatic N) is 2. The zero-order valence-electron chi connectivity index (χ0n) is 17.4. The molecule has 0 saturated carbocycles. The number of sulfonamides is 1. The van der Waals surface area contributed by atoms with Crippen LogP contribution in [0.25, 0.3) is 22.0 Å². The Labute approximate surface area is 185 Å². The van der Waals surface area contributed by atoms with Crippen molar-refractivity contribution in [3.63, 3.8) is 0 Å². The molecule has 1 amide bonds. The average Bonchev–Trinajstić information content (AvgIpc) is 3.47. The van der Waals surface area contributed by atoms with Crippen LogP contribution < -0.4 is 0 Å². The van der Waals surface area contributed by atoms with E-state index in [4.69, 9.17) is 0 Å². The summed E-state index contributed by atoms with van der Waals surface area (Å²) in [6, 6.07) is 11.1. The van der Waals surface area contributed by atoms with Crippen LogP contribution in [0.2, 0.25) is 0 Å². The summed E-state index contributed by atoms with van der Waals surface area (Å²) in [5.41, 5.74) is 1.11. The topological polar surface area (TPSA) is 93.7 Å². The second kappa shape index (κ2) is 7.68. The number of aliphatic hydroxyl groups is 1. The number of nitrogens with one attached hydrogen (secondary N) is 1. The molecule has 5 rings (SSSR count). The Kier molecular flexibility index (Phi) is 5.07. The molecule has 2 saturated heterocycles. The summed E-state index contributed by atoms with van der Waals surface area (Å²) in [6.45, 7) is 0.944. The van der Waals surface area contributed by atoms with Crippen LogP contribution in [0.1, 0.15) is 19.3 Å². The molecule has 2 fully saturated rings. The van der Waals surface area contributed by atoms with E-state index in [2.05, 4.69) is 4.98 Å². The lowest BCUT2D eigenvalue weighted by atomic mass is 10.0. The third kappa shape index (κ3) is 3.70. The van der Waals surface area contributed by atoms with Gasteiger partial charge in [-0.15, -0.1) is 0 Å². The average molecular weight is 458 g/mol. The number of likely N-dealkylation sites (tertiary alicyclic amines) is 1. The maximum Gasteiger partial charge on any atom is 0.243 e. The third-order valence-corrected chi connectivity index (χ3v) is 8.26. The van der Waals surface area contributed by atoms with Gasteiger partial charge in [0.05, 0.1) is 17.0 Å². The third-order valence-electron chi connectivity index (χ3n) is 6.40. The van der Waals surface area contributed by atoms with Gasteiger partial charge in [0, 0.05) is 48.7 Å². The molecule has 7 nitrogen and oxygen atoms in total.